The molecule has 3 N–H and O–H groups in total. The Bertz CT molecular complexity index is 696. The molecule has 2 amide bonds. The maximum Gasteiger partial charge on any atom is 0.265 e. The van der Waals surface area contributed by atoms with Crippen LogP contribution < -0.4 is 10.1 Å². The van der Waals surface area contributed by atoms with Gasteiger partial charge in [-0.15, -0.1) is 6.42 Å². The molecule has 0 radical (unpaired) electrons. The van der Waals surface area contributed by atoms with E-state index in [1.54, 1.807) is 12.1 Å². The second kappa shape index (κ2) is 6.01. The van der Waals surface area contributed by atoms with E-state index in [0.29, 0.717) is 12.8 Å². The first-order valence-corrected chi connectivity index (χ1v) is 7.24. The van der Waals surface area contributed by atoms with Gasteiger partial charge in [0.2, 0.25) is 0 Å². The smallest absolute Gasteiger partial charge is 0.265 e. The molecule has 0 aliphatic carbocycles. The van der Waals surface area contributed by atoms with Crippen molar-refractivity contribution < 1.29 is 24.5 Å². The van der Waals surface area contributed by atoms with Crippen LogP contribution in [0.1, 0.15) is 33.6 Å². The maximum atomic E-state index is 12.7. The predicted octanol–water partition coefficient (Wildman–Crippen LogP) is -0.317. The number of piperidine rings is 1. The molecule has 0 saturated carbocycles. The molecular weight excluding hydrogens is 300 g/mol. The Morgan fingerprint density at radius 2 is 2.09 bits per heavy atom. The third-order valence-electron chi connectivity index (χ3n) is 4.01. The van der Waals surface area contributed by atoms with Gasteiger partial charge in [-0.3, -0.25) is 19.8 Å². The molecule has 7 nitrogen and oxygen atoms in total. The number of carbonyl (C=O) groups is 2. The number of carbonyl (C=O) groups excluding carboxylic acids is 2. The monoisotopic (exact) mass is 316 g/mol. The Balaban J connectivity index is 1.93. The third-order valence-corrected chi connectivity index (χ3v) is 4.01. The van der Waals surface area contributed by atoms with Crippen LogP contribution in [-0.2, 0) is 0 Å². The van der Waals surface area contributed by atoms with E-state index < -0.39 is 30.3 Å². The second-order valence-corrected chi connectivity index (χ2v) is 5.42. The van der Waals surface area contributed by atoms with E-state index in [2.05, 4.69) is 11.2 Å². The highest BCUT2D eigenvalue weighted by atomic mass is 16.5. The maximum absolute atomic E-state index is 12.7. The van der Waals surface area contributed by atoms with Crippen molar-refractivity contribution in [3.8, 4) is 18.1 Å². The molecule has 7 heteroatoms. The van der Waals surface area contributed by atoms with Crippen molar-refractivity contribution in [1.29, 1.82) is 0 Å². The number of amides is 2. The van der Waals surface area contributed by atoms with Gasteiger partial charge in [-0.2, -0.15) is 0 Å². The molecule has 2 aliphatic rings. The van der Waals surface area contributed by atoms with Crippen LogP contribution in [0, 0.1) is 12.3 Å². The Labute approximate surface area is 132 Å². The lowest BCUT2D eigenvalue weighted by Crippen LogP contribution is -2.58. The van der Waals surface area contributed by atoms with Gasteiger partial charge in [0.05, 0.1) is 17.2 Å². The zero-order chi connectivity index (χ0) is 16.6. The van der Waals surface area contributed by atoms with Crippen molar-refractivity contribution in [2.75, 3.05) is 6.61 Å². The summed E-state index contributed by atoms with van der Waals surface area (Å²) < 4.78 is 5.34. The van der Waals surface area contributed by atoms with E-state index in [4.69, 9.17) is 11.2 Å². The number of imide groups is 1. The number of benzene rings is 1. The molecule has 1 fully saturated rings. The summed E-state index contributed by atoms with van der Waals surface area (Å²) in [6.07, 6.45) is 3.75. The van der Waals surface area contributed by atoms with Gasteiger partial charge in [0.1, 0.15) is 24.8 Å². The second-order valence-electron chi connectivity index (χ2n) is 5.42. The van der Waals surface area contributed by atoms with Gasteiger partial charge in [-0.05, 0) is 25.0 Å². The molecule has 2 aliphatic heterocycles. The summed E-state index contributed by atoms with van der Waals surface area (Å²) in [4.78, 5) is 26.3. The molecule has 3 atom stereocenters. The number of fused-ring (bicyclic) bond motifs is 1. The van der Waals surface area contributed by atoms with Crippen LogP contribution in [0.3, 0.4) is 0 Å². The van der Waals surface area contributed by atoms with E-state index in [-0.39, 0.29) is 23.5 Å². The highest BCUT2D eigenvalue weighted by molar-refractivity contribution is 6.22. The Kier molecular flexibility index (Phi) is 4.05. The molecule has 1 aromatic carbocycles. The van der Waals surface area contributed by atoms with Gasteiger partial charge in [0, 0.05) is 0 Å². The molecule has 0 aromatic heterocycles. The summed E-state index contributed by atoms with van der Waals surface area (Å²) in [7, 11) is 0. The Morgan fingerprint density at radius 1 is 1.30 bits per heavy atom. The minimum Gasteiger partial charge on any atom is -0.480 e. The molecular formula is C16H16N2O5. The van der Waals surface area contributed by atoms with Crippen LogP contribution in [0.5, 0.6) is 5.75 Å². The quantitative estimate of drug-likeness (QED) is 0.522. The average molecular weight is 316 g/mol. The van der Waals surface area contributed by atoms with Crippen molar-refractivity contribution >= 4 is 11.8 Å². The minimum absolute atomic E-state index is 0.0161. The number of aliphatic hydroxyl groups excluding tert-OH is 2. The number of nitrogens with zero attached hydrogens (tertiary/aromatic N) is 1. The number of rotatable bonds is 3. The lowest BCUT2D eigenvalue weighted by molar-refractivity contribution is -0.0413. The number of hydrogen-bond acceptors (Lipinski definition) is 6. The van der Waals surface area contributed by atoms with Gasteiger partial charge >= 0.3 is 0 Å². The molecule has 23 heavy (non-hydrogen) atoms. The lowest BCUT2D eigenvalue weighted by Gasteiger charge is -2.36. The van der Waals surface area contributed by atoms with Gasteiger partial charge in [0.25, 0.3) is 11.8 Å². The fraction of sp³-hybridized carbons (Fsp3) is 0.375. The summed E-state index contributed by atoms with van der Waals surface area (Å²) in [6.45, 7) is -0.0161. The van der Waals surface area contributed by atoms with Crippen molar-refractivity contribution in [3.63, 3.8) is 0 Å². The summed E-state index contributed by atoms with van der Waals surface area (Å²) in [6, 6.07) is 3.98. The zero-order valence-corrected chi connectivity index (χ0v) is 12.2. The molecule has 2 heterocycles. The molecule has 0 spiro atoms. The minimum atomic E-state index is -1.18. The normalized spacial score (nSPS) is 26.8. The first-order valence-electron chi connectivity index (χ1n) is 7.24. The van der Waals surface area contributed by atoms with Crippen LogP contribution in [0.15, 0.2) is 18.2 Å². The number of ether oxygens (including phenoxy) is 1. The Hall–Kier alpha value is -2.40. The highest BCUT2D eigenvalue weighted by Gasteiger charge is 2.45. The first kappa shape index (κ1) is 15.5. The van der Waals surface area contributed by atoms with Gasteiger partial charge in [0.15, 0.2) is 0 Å². The van der Waals surface area contributed by atoms with E-state index >= 15 is 0 Å². The number of aliphatic hydroxyl groups is 2. The van der Waals surface area contributed by atoms with E-state index in [1.807, 2.05) is 0 Å². The average Bonchev–Trinajstić information content (AvgIpc) is 2.78. The third kappa shape index (κ3) is 2.57. The molecule has 1 saturated heterocycles. The fourth-order valence-electron chi connectivity index (χ4n) is 2.96. The van der Waals surface area contributed by atoms with Crippen LogP contribution >= 0.6 is 0 Å². The molecule has 3 unspecified atom stereocenters. The topological polar surface area (TPSA) is 99.1 Å². The number of nitrogens with one attached hydrogen (secondary N) is 1. The molecule has 120 valence electrons. The summed E-state index contributed by atoms with van der Waals surface area (Å²) in [5.74, 6) is 1.54. The van der Waals surface area contributed by atoms with Crippen molar-refractivity contribution in [2.45, 2.75) is 31.3 Å². The highest BCUT2D eigenvalue weighted by Crippen LogP contribution is 2.34. The summed E-state index contributed by atoms with van der Waals surface area (Å²) in [5, 5.41) is 22.1. The van der Waals surface area contributed by atoms with Crippen molar-refractivity contribution in [1.82, 2.24) is 10.2 Å². The summed E-state index contributed by atoms with van der Waals surface area (Å²) >= 11 is 0. The molecule has 0 bridgehead atoms. The summed E-state index contributed by atoms with van der Waals surface area (Å²) in [5.41, 5.74) is 0.383. The lowest BCUT2D eigenvalue weighted by atomic mass is 10.0. The number of terminal acetylenes is 1. The SMILES string of the molecule is C#CCOc1cccc2c1C(=O)N(C1CCC(O)NC1O)C2=O. The largest absolute Gasteiger partial charge is 0.480 e. The molecule has 1 aromatic rings. The van der Waals surface area contributed by atoms with Gasteiger partial charge in [-0.1, -0.05) is 12.0 Å². The van der Waals surface area contributed by atoms with Crippen LogP contribution in [0.25, 0.3) is 0 Å². The first-order chi connectivity index (χ1) is 11.0. The zero-order valence-electron chi connectivity index (χ0n) is 12.2. The van der Waals surface area contributed by atoms with Crippen LogP contribution in [-0.4, -0.2) is 52.0 Å². The number of hydrogen-bond donors (Lipinski definition) is 3. The van der Waals surface area contributed by atoms with Crippen molar-refractivity contribution in [2.24, 2.45) is 0 Å². The van der Waals surface area contributed by atoms with Crippen LogP contribution in [0.4, 0.5) is 0 Å². The van der Waals surface area contributed by atoms with E-state index in [9.17, 15) is 19.8 Å². The standard InChI is InChI=1S/C16H16N2O5/c1-2-8-23-11-5-3-4-9-13(11)16(22)18(15(9)21)10-6-7-12(19)17-14(10)20/h1,3-5,10,12,14,17,19-20H,6-8H2. The Morgan fingerprint density at radius 3 is 2.78 bits per heavy atom. The predicted molar refractivity (Wildman–Crippen MR) is 79.4 cm³/mol. The van der Waals surface area contributed by atoms with Gasteiger partial charge < -0.3 is 14.9 Å². The van der Waals surface area contributed by atoms with E-state index in [0.717, 1.165) is 4.90 Å². The molecule has 3 rings (SSSR count). The fourth-order valence-corrected chi connectivity index (χ4v) is 2.96. The van der Waals surface area contributed by atoms with E-state index in [1.165, 1.54) is 6.07 Å². The van der Waals surface area contributed by atoms with Gasteiger partial charge in [-0.25, -0.2) is 0 Å². The van der Waals surface area contributed by atoms with Crippen LogP contribution in [0.2, 0.25) is 0 Å². The van der Waals surface area contributed by atoms with Crippen molar-refractivity contribution in [3.05, 3.63) is 29.3 Å².